The smallest absolute Gasteiger partial charge is 0.475 e. The van der Waals surface area contributed by atoms with E-state index in [0.29, 0.717) is 5.02 Å². The lowest BCUT2D eigenvalue weighted by atomic mass is 10.3. The molecule has 3 nitrogen and oxygen atoms in total. The van der Waals surface area contributed by atoms with Crippen molar-refractivity contribution in [1.29, 1.82) is 0 Å². The quantitative estimate of drug-likeness (QED) is 0.771. The molecular formula is C8H6Cl2F3NO2. The molecule has 0 aliphatic heterocycles. The van der Waals surface area contributed by atoms with Gasteiger partial charge in [0, 0.05) is 11.8 Å². The van der Waals surface area contributed by atoms with Crippen LogP contribution in [0, 0.1) is 0 Å². The van der Waals surface area contributed by atoms with Gasteiger partial charge in [0.15, 0.2) is 0 Å². The zero-order valence-electron chi connectivity index (χ0n) is 7.55. The predicted molar refractivity (Wildman–Crippen MR) is 54.6 cm³/mol. The zero-order chi connectivity index (χ0) is 12.8. The highest BCUT2D eigenvalue weighted by Gasteiger charge is 2.38. The summed E-state index contributed by atoms with van der Waals surface area (Å²) >= 11 is 11.0. The molecule has 2 N–H and O–H groups in total. The molecule has 0 radical (unpaired) electrons. The highest BCUT2D eigenvalue weighted by atomic mass is 35.5. The van der Waals surface area contributed by atoms with Crippen molar-refractivity contribution in [2.45, 2.75) is 6.18 Å². The number of benzene rings is 1. The number of halogens is 5. The normalized spacial score (nSPS) is 10.1. The molecule has 0 saturated carbocycles. The number of anilines is 1. The molecule has 0 aliphatic rings. The number of nitrogens with one attached hydrogen (secondary N) is 1. The second-order valence-corrected chi connectivity index (χ2v) is 2.97. The first-order chi connectivity index (χ1) is 7.29. The minimum atomic E-state index is -5.08. The Morgan fingerprint density at radius 1 is 1.31 bits per heavy atom. The van der Waals surface area contributed by atoms with Crippen LogP contribution in [0.4, 0.5) is 18.9 Å². The second-order valence-electron chi connectivity index (χ2n) is 2.38. The molecule has 0 atom stereocenters. The molecule has 0 saturated heterocycles. The first-order valence-electron chi connectivity index (χ1n) is 3.70. The number of alkyl halides is 3. The van der Waals surface area contributed by atoms with Crippen molar-refractivity contribution in [3.63, 3.8) is 0 Å². The summed E-state index contributed by atoms with van der Waals surface area (Å²) in [6, 6.07) is 7.28. The van der Waals surface area contributed by atoms with E-state index in [2.05, 4.69) is 4.84 Å². The summed E-state index contributed by atoms with van der Waals surface area (Å²) < 4.78 is 31.7. The van der Waals surface area contributed by atoms with Crippen molar-refractivity contribution in [3.05, 3.63) is 29.3 Å². The third kappa shape index (κ3) is 5.67. The Bertz CT molecular complexity index is 357. The lowest BCUT2D eigenvalue weighted by Gasteiger charge is -1.97. The molecule has 0 unspecified atom stereocenters. The maximum atomic E-state index is 10.6. The monoisotopic (exact) mass is 275 g/mol. The SMILES string of the molecule is ClNc1ccccc1Cl.O=C(O)C(F)(F)F. The van der Waals surface area contributed by atoms with Gasteiger partial charge in [0.1, 0.15) is 0 Å². The molecular weight excluding hydrogens is 270 g/mol. The Morgan fingerprint density at radius 3 is 2.00 bits per heavy atom. The van der Waals surface area contributed by atoms with Gasteiger partial charge in [-0.05, 0) is 12.1 Å². The van der Waals surface area contributed by atoms with Crippen molar-refractivity contribution >= 4 is 35.0 Å². The fourth-order valence-corrected chi connectivity index (χ4v) is 0.934. The molecule has 0 amide bonds. The lowest BCUT2D eigenvalue weighted by Crippen LogP contribution is -2.21. The highest BCUT2D eigenvalue weighted by molar-refractivity contribution is 6.35. The van der Waals surface area contributed by atoms with Crippen LogP contribution in [-0.2, 0) is 4.79 Å². The maximum absolute atomic E-state index is 10.6. The Kier molecular flexibility index (Phi) is 5.98. The van der Waals surface area contributed by atoms with Crippen molar-refractivity contribution in [3.8, 4) is 0 Å². The van der Waals surface area contributed by atoms with Gasteiger partial charge < -0.3 is 5.11 Å². The number of hydrogen-bond acceptors (Lipinski definition) is 2. The molecule has 8 heteroatoms. The number of hydrogen-bond donors (Lipinski definition) is 2. The van der Waals surface area contributed by atoms with Gasteiger partial charge in [-0.2, -0.15) is 13.2 Å². The van der Waals surface area contributed by atoms with Crippen LogP contribution < -0.4 is 4.84 Å². The molecule has 90 valence electrons. The van der Waals surface area contributed by atoms with Gasteiger partial charge in [0.2, 0.25) is 0 Å². The minimum Gasteiger partial charge on any atom is -0.475 e. The van der Waals surface area contributed by atoms with Crippen molar-refractivity contribution in [2.24, 2.45) is 0 Å². The van der Waals surface area contributed by atoms with Gasteiger partial charge in [-0.15, -0.1) is 0 Å². The standard InChI is InChI=1S/C6H5Cl2N.C2HF3O2/c7-5-3-1-2-4-6(5)9-8;3-2(4,5)1(6)7/h1-4,9H;(H,6,7). The number of para-hydroxylation sites is 1. The number of carboxylic acid groups (broad SMARTS) is 1. The van der Waals surface area contributed by atoms with Gasteiger partial charge in [0.05, 0.1) is 10.7 Å². The van der Waals surface area contributed by atoms with Gasteiger partial charge in [-0.1, -0.05) is 23.7 Å². The fraction of sp³-hybridized carbons (Fsp3) is 0.125. The van der Waals surface area contributed by atoms with Crippen molar-refractivity contribution < 1.29 is 23.1 Å². The van der Waals surface area contributed by atoms with E-state index in [1.165, 1.54) is 0 Å². The average Bonchev–Trinajstić information content (AvgIpc) is 2.18. The number of aliphatic carboxylic acids is 1. The van der Waals surface area contributed by atoms with Crippen LogP contribution in [0.15, 0.2) is 24.3 Å². The van der Waals surface area contributed by atoms with E-state index in [9.17, 15) is 13.2 Å². The fourth-order valence-electron chi connectivity index (χ4n) is 0.538. The van der Waals surface area contributed by atoms with Gasteiger partial charge in [-0.3, -0.25) is 4.84 Å². The summed E-state index contributed by atoms with van der Waals surface area (Å²) in [5.74, 6) is -2.76. The predicted octanol–water partition coefficient (Wildman–Crippen LogP) is 3.54. The number of carboxylic acids is 1. The lowest BCUT2D eigenvalue weighted by molar-refractivity contribution is -0.192. The maximum Gasteiger partial charge on any atom is 0.490 e. The van der Waals surface area contributed by atoms with Crippen LogP contribution in [0.2, 0.25) is 5.02 Å². The topological polar surface area (TPSA) is 49.3 Å². The summed E-state index contributed by atoms with van der Waals surface area (Å²) in [7, 11) is 0. The Morgan fingerprint density at radius 2 is 1.75 bits per heavy atom. The largest absolute Gasteiger partial charge is 0.490 e. The Hall–Kier alpha value is -1.14. The van der Waals surface area contributed by atoms with Gasteiger partial charge in [-0.25, -0.2) is 4.79 Å². The molecule has 0 aliphatic carbocycles. The van der Waals surface area contributed by atoms with E-state index >= 15 is 0 Å². The molecule has 0 heterocycles. The molecule has 1 aromatic rings. The van der Waals surface area contributed by atoms with Crippen LogP contribution in [-0.4, -0.2) is 17.3 Å². The molecule has 16 heavy (non-hydrogen) atoms. The molecule has 0 spiro atoms. The molecule has 1 rings (SSSR count). The second kappa shape index (κ2) is 6.44. The summed E-state index contributed by atoms with van der Waals surface area (Å²) in [5, 5.41) is 7.76. The van der Waals surface area contributed by atoms with Crippen LogP contribution >= 0.6 is 23.4 Å². The van der Waals surface area contributed by atoms with Crippen molar-refractivity contribution in [1.82, 2.24) is 0 Å². The van der Waals surface area contributed by atoms with E-state index in [4.69, 9.17) is 33.3 Å². The third-order valence-electron chi connectivity index (χ3n) is 1.22. The average molecular weight is 276 g/mol. The van der Waals surface area contributed by atoms with Gasteiger partial charge >= 0.3 is 12.1 Å². The van der Waals surface area contributed by atoms with Crippen LogP contribution in [0.1, 0.15) is 0 Å². The highest BCUT2D eigenvalue weighted by Crippen LogP contribution is 2.20. The van der Waals surface area contributed by atoms with E-state index in [1.807, 2.05) is 12.1 Å². The summed E-state index contributed by atoms with van der Waals surface area (Å²) in [5.41, 5.74) is 0.737. The molecule has 0 bridgehead atoms. The Labute approximate surface area is 98.9 Å². The molecule has 1 aromatic carbocycles. The van der Waals surface area contributed by atoms with E-state index in [1.54, 1.807) is 12.1 Å². The Balaban J connectivity index is 0.000000293. The summed E-state index contributed by atoms with van der Waals surface area (Å²) in [4.78, 5) is 11.3. The first kappa shape index (κ1) is 14.9. The molecule has 0 aromatic heterocycles. The zero-order valence-corrected chi connectivity index (χ0v) is 9.07. The van der Waals surface area contributed by atoms with Gasteiger partial charge in [0.25, 0.3) is 0 Å². The van der Waals surface area contributed by atoms with E-state index < -0.39 is 12.1 Å². The van der Waals surface area contributed by atoms with Crippen LogP contribution in [0.25, 0.3) is 0 Å². The van der Waals surface area contributed by atoms with Crippen LogP contribution in [0.5, 0.6) is 0 Å². The minimum absolute atomic E-state index is 0.632. The number of carbonyl (C=O) groups is 1. The summed E-state index contributed by atoms with van der Waals surface area (Å²) in [6.07, 6.45) is -5.08. The molecule has 0 fully saturated rings. The third-order valence-corrected chi connectivity index (χ3v) is 1.75. The van der Waals surface area contributed by atoms with E-state index in [0.717, 1.165) is 5.69 Å². The van der Waals surface area contributed by atoms with Crippen LogP contribution in [0.3, 0.4) is 0 Å². The van der Waals surface area contributed by atoms with Crippen molar-refractivity contribution in [2.75, 3.05) is 4.84 Å². The van der Waals surface area contributed by atoms with E-state index in [-0.39, 0.29) is 0 Å². The summed E-state index contributed by atoms with van der Waals surface area (Å²) in [6.45, 7) is 0. The first-order valence-corrected chi connectivity index (χ1v) is 4.46. The number of rotatable bonds is 1.